The smallest absolute Gasteiger partial charge is 0.239 e. The lowest BCUT2D eigenvalue weighted by molar-refractivity contribution is -0.123. The van der Waals surface area contributed by atoms with Crippen LogP contribution >= 0.6 is 0 Å². The van der Waals surface area contributed by atoms with Crippen LogP contribution in [0.15, 0.2) is 30.3 Å². The maximum Gasteiger partial charge on any atom is 0.239 e. The van der Waals surface area contributed by atoms with Crippen LogP contribution in [0.4, 0.5) is 0 Å². The molecule has 86 valence electrons. The van der Waals surface area contributed by atoms with Gasteiger partial charge in [0.15, 0.2) is 0 Å². The van der Waals surface area contributed by atoms with Crippen molar-refractivity contribution in [3.63, 3.8) is 0 Å². The van der Waals surface area contributed by atoms with Gasteiger partial charge in [-0.1, -0.05) is 30.3 Å². The number of hydrogen-bond acceptors (Lipinski definition) is 3. The molecule has 1 heterocycles. The van der Waals surface area contributed by atoms with Crippen molar-refractivity contribution in [1.29, 1.82) is 0 Å². The lowest BCUT2D eigenvalue weighted by Gasteiger charge is -2.33. The van der Waals surface area contributed by atoms with Crippen LogP contribution in [0.3, 0.4) is 0 Å². The van der Waals surface area contributed by atoms with Gasteiger partial charge in [0.25, 0.3) is 0 Å². The molecule has 1 atom stereocenters. The minimum absolute atomic E-state index is 0.270. The summed E-state index contributed by atoms with van der Waals surface area (Å²) in [6.07, 6.45) is 0. The lowest BCUT2D eigenvalue weighted by atomic mass is 10.0. The first-order valence-electron chi connectivity index (χ1n) is 5.58. The van der Waals surface area contributed by atoms with E-state index < -0.39 is 0 Å². The van der Waals surface area contributed by atoms with Crippen LogP contribution in [0.2, 0.25) is 0 Å². The maximum atomic E-state index is 11.6. The summed E-state index contributed by atoms with van der Waals surface area (Å²) >= 11 is 0. The van der Waals surface area contributed by atoms with Gasteiger partial charge in [-0.05, 0) is 5.56 Å². The normalized spacial score (nSPS) is 19.2. The number of hydrogen-bond donors (Lipinski definition) is 2. The molecule has 16 heavy (non-hydrogen) atoms. The Kier molecular flexibility index (Phi) is 3.54. The van der Waals surface area contributed by atoms with Crippen LogP contribution in [-0.4, -0.2) is 37.0 Å². The molecular weight excluding hydrogens is 202 g/mol. The highest BCUT2D eigenvalue weighted by Crippen LogP contribution is 2.20. The number of nitrogens with two attached hydrogens (primary N) is 1. The van der Waals surface area contributed by atoms with E-state index in [4.69, 9.17) is 5.73 Å². The fraction of sp³-hybridized carbons (Fsp3) is 0.417. The quantitative estimate of drug-likeness (QED) is 0.759. The fourth-order valence-corrected chi connectivity index (χ4v) is 2.13. The SMILES string of the molecule is NC(=O)[C@H](c1ccccc1)N1CCNCC1. The Labute approximate surface area is 95.4 Å². The fourth-order valence-electron chi connectivity index (χ4n) is 2.13. The van der Waals surface area contributed by atoms with Crippen molar-refractivity contribution >= 4 is 5.91 Å². The summed E-state index contributed by atoms with van der Waals surface area (Å²) in [6, 6.07) is 9.44. The number of rotatable bonds is 3. The molecule has 1 amide bonds. The van der Waals surface area contributed by atoms with E-state index in [2.05, 4.69) is 10.2 Å². The first kappa shape index (κ1) is 11.1. The van der Waals surface area contributed by atoms with Crippen LogP contribution in [0.1, 0.15) is 11.6 Å². The highest BCUT2D eigenvalue weighted by atomic mass is 16.1. The second-order valence-corrected chi connectivity index (χ2v) is 4.00. The summed E-state index contributed by atoms with van der Waals surface area (Å²) in [4.78, 5) is 13.7. The van der Waals surface area contributed by atoms with Crippen molar-refractivity contribution in [1.82, 2.24) is 10.2 Å². The zero-order valence-electron chi connectivity index (χ0n) is 9.23. The van der Waals surface area contributed by atoms with Gasteiger partial charge < -0.3 is 11.1 Å². The van der Waals surface area contributed by atoms with E-state index in [9.17, 15) is 4.79 Å². The van der Waals surface area contributed by atoms with Crippen molar-refractivity contribution in [2.45, 2.75) is 6.04 Å². The molecule has 3 N–H and O–H groups in total. The third-order valence-electron chi connectivity index (χ3n) is 2.90. The predicted molar refractivity (Wildman–Crippen MR) is 62.8 cm³/mol. The molecule has 0 bridgehead atoms. The van der Waals surface area contributed by atoms with E-state index in [1.807, 2.05) is 30.3 Å². The van der Waals surface area contributed by atoms with Gasteiger partial charge >= 0.3 is 0 Å². The Balaban J connectivity index is 2.20. The van der Waals surface area contributed by atoms with E-state index >= 15 is 0 Å². The van der Waals surface area contributed by atoms with E-state index in [0.29, 0.717) is 0 Å². The molecular formula is C12H17N3O. The molecule has 0 unspecified atom stereocenters. The zero-order valence-corrected chi connectivity index (χ0v) is 9.23. The molecule has 0 aliphatic carbocycles. The Morgan fingerprint density at radius 2 is 1.88 bits per heavy atom. The largest absolute Gasteiger partial charge is 0.368 e. The summed E-state index contributed by atoms with van der Waals surface area (Å²) in [5.41, 5.74) is 6.48. The zero-order chi connectivity index (χ0) is 11.4. The average Bonchev–Trinajstić information content (AvgIpc) is 2.31. The third kappa shape index (κ3) is 2.40. The van der Waals surface area contributed by atoms with E-state index in [-0.39, 0.29) is 11.9 Å². The van der Waals surface area contributed by atoms with Crippen molar-refractivity contribution in [3.8, 4) is 0 Å². The van der Waals surface area contributed by atoms with Gasteiger partial charge in [0, 0.05) is 26.2 Å². The second kappa shape index (κ2) is 5.09. The number of carbonyl (C=O) groups is 1. The summed E-state index contributed by atoms with van der Waals surface area (Å²) < 4.78 is 0. The van der Waals surface area contributed by atoms with Crippen LogP contribution in [-0.2, 0) is 4.79 Å². The van der Waals surface area contributed by atoms with Gasteiger partial charge in [0.2, 0.25) is 5.91 Å². The highest BCUT2D eigenvalue weighted by Gasteiger charge is 2.26. The molecule has 1 aromatic rings. The minimum atomic E-state index is -0.289. The number of piperazine rings is 1. The molecule has 1 fully saturated rings. The van der Waals surface area contributed by atoms with Crippen molar-refractivity contribution in [3.05, 3.63) is 35.9 Å². The molecule has 1 aromatic carbocycles. The van der Waals surface area contributed by atoms with Crippen molar-refractivity contribution in [2.75, 3.05) is 26.2 Å². The van der Waals surface area contributed by atoms with Gasteiger partial charge in [-0.2, -0.15) is 0 Å². The molecule has 1 aliphatic rings. The molecule has 0 spiro atoms. The van der Waals surface area contributed by atoms with Crippen molar-refractivity contribution < 1.29 is 4.79 Å². The van der Waals surface area contributed by atoms with Gasteiger partial charge in [-0.15, -0.1) is 0 Å². The Bertz CT molecular complexity index is 347. The van der Waals surface area contributed by atoms with Crippen LogP contribution in [0.25, 0.3) is 0 Å². The number of primary amides is 1. The summed E-state index contributed by atoms with van der Waals surface area (Å²) in [7, 11) is 0. The van der Waals surface area contributed by atoms with Crippen LogP contribution in [0, 0.1) is 0 Å². The Hall–Kier alpha value is -1.39. The molecule has 0 radical (unpaired) electrons. The molecule has 1 aliphatic heterocycles. The second-order valence-electron chi connectivity index (χ2n) is 4.00. The number of benzene rings is 1. The number of nitrogens with zero attached hydrogens (tertiary/aromatic N) is 1. The minimum Gasteiger partial charge on any atom is -0.368 e. The highest BCUT2D eigenvalue weighted by molar-refractivity contribution is 5.81. The molecule has 2 rings (SSSR count). The van der Waals surface area contributed by atoms with Crippen molar-refractivity contribution in [2.24, 2.45) is 5.73 Å². The van der Waals surface area contributed by atoms with E-state index in [1.165, 1.54) is 0 Å². The molecule has 0 saturated carbocycles. The van der Waals surface area contributed by atoms with Gasteiger partial charge in [-0.3, -0.25) is 9.69 Å². The van der Waals surface area contributed by atoms with Crippen LogP contribution < -0.4 is 11.1 Å². The Morgan fingerprint density at radius 3 is 2.44 bits per heavy atom. The number of carbonyl (C=O) groups excluding carboxylic acids is 1. The lowest BCUT2D eigenvalue weighted by Crippen LogP contribution is -2.48. The van der Waals surface area contributed by atoms with E-state index in [1.54, 1.807) is 0 Å². The number of nitrogens with one attached hydrogen (secondary N) is 1. The van der Waals surface area contributed by atoms with Gasteiger partial charge in [0.1, 0.15) is 6.04 Å². The molecule has 0 aromatic heterocycles. The van der Waals surface area contributed by atoms with Gasteiger partial charge in [0.05, 0.1) is 0 Å². The standard InChI is InChI=1S/C12H17N3O/c13-12(16)11(10-4-2-1-3-5-10)15-8-6-14-7-9-15/h1-5,11,14H,6-9H2,(H2,13,16)/t11-/m0/s1. The predicted octanol–water partition coefficient (Wildman–Crippen LogP) is 0.118. The number of amides is 1. The first-order chi connectivity index (χ1) is 7.79. The average molecular weight is 219 g/mol. The third-order valence-corrected chi connectivity index (χ3v) is 2.90. The maximum absolute atomic E-state index is 11.6. The molecule has 1 saturated heterocycles. The first-order valence-corrected chi connectivity index (χ1v) is 5.58. The van der Waals surface area contributed by atoms with E-state index in [0.717, 1.165) is 31.7 Å². The van der Waals surface area contributed by atoms with Crippen LogP contribution in [0.5, 0.6) is 0 Å². The van der Waals surface area contributed by atoms with Gasteiger partial charge in [-0.25, -0.2) is 0 Å². The summed E-state index contributed by atoms with van der Waals surface area (Å²) in [6.45, 7) is 3.55. The summed E-state index contributed by atoms with van der Waals surface area (Å²) in [5, 5.41) is 3.27. The summed E-state index contributed by atoms with van der Waals surface area (Å²) in [5.74, 6) is -0.270. The molecule has 4 heteroatoms. The Morgan fingerprint density at radius 1 is 1.25 bits per heavy atom. The monoisotopic (exact) mass is 219 g/mol. The topological polar surface area (TPSA) is 58.4 Å². The molecule has 4 nitrogen and oxygen atoms in total.